The fourth-order valence-corrected chi connectivity index (χ4v) is 3.54. The molecule has 4 rings (SSSR count). The van der Waals surface area contributed by atoms with E-state index in [9.17, 15) is 0 Å². The van der Waals surface area contributed by atoms with Crippen molar-refractivity contribution in [2.24, 2.45) is 0 Å². The van der Waals surface area contributed by atoms with Crippen LogP contribution >= 0.6 is 11.9 Å². The van der Waals surface area contributed by atoms with Gasteiger partial charge in [-0.1, -0.05) is 74.5 Å². The van der Waals surface area contributed by atoms with Crippen LogP contribution in [0.15, 0.2) is 102 Å². The number of hydrogen-bond acceptors (Lipinski definition) is 5. The fourth-order valence-electron chi connectivity index (χ4n) is 2.86. The van der Waals surface area contributed by atoms with Crippen molar-refractivity contribution in [2.45, 2.75) is 52.2 Å². The number of ether oxygens (including phenoxy) is 3. The normalized spacial score (nSPS) is 12.8. The Hall–Kier alpha value is -3.15. The van der Waals surface area contributed by atoms with Gasteiger partial charge in [0.1, 0.15) is 5.75 Å². The van der Waals surface area contributed by atoms with Crippen LogP contribution in [0.3, 0.4) is 0 Å². The van der Waals surface area contributed by atoms with E-state index in [1.165, 1.54) is 5.56 Å². The molecule has 0 aliphatic carbocycles. The number of benzene rings is 3. The predicted octanol–water partition coefficient (Wildman–Crippen LogP) is 8.81. The fraction of sp³-hybridized carbons (Fsp3) is 0.290. The molecule has 0 bridgehead atoms. The van der Waals surface area contributed by atoms with Gasteiger partial charge in [0.05, 0.1) is 7.11 Å². The molecule has 3 aromatic carbocycles. The van der Waals surface area contributed by atoms with E-state index in [1.807, 2.05) is 107 Å². The third-order valence-corrected chi connectivity index (χ3v) is 5.49. The van der Waals surface area contributed by atoms with Crippen LogP contribution in [0.5, 0.6) is 17.2 Å². The number of nitrogens with one attached hydrogen (secondary N) is 1. The van der Waals surface area contributed by atoms with Gasteiger partial charge in [-0.25, -0.2) is 0 Å². The molecule has 0 amide bonds. The second kappa shape index (κ2) is 19.1. The van der Waals surface area contributed by atoms with Crippen molar-refractivity contribution in [2.75, 3.05) is 13.7 Å². The summed E-state index contributed by atoms with van der Waals surface area (Å²) < 4.78 is 20.4. The van der Waals surface area contributed by atoms with E-state index in [0.717, 1.165) is 40.7 Å². The van der Waals surface area contributed by atoms with Crippen LogP contribution in [-0.2, 0) is 6.42 Å². The van der Waals surface area contributed by atoms with Gasteiger partial charge in [-0.15, -0.1) is 6.58 Å². The maximum Gasteiger partial charge on any atom is 0.267 e. The van der Waals surface area contributed by atoms with Gasteiger partial charge in [0, 0.05) is 17.0 Å². The van der Waals surface area contributed by atoms with Crippen LogP contribution in [0, 0.1) is 0 Å². The van der Waals surface area contributed by atoms with E-state index in [2.05, 4.69) is 23.4 Å². The van der Waals surface area contributed by atoms with Crippen molar-refractivity contribution < 1.29 is 14.2 Å². The minimum atomic E-state index is -0.371. The molecule has 1 aliphatic heterocycles. The van der Waals surface area contributed by atoms with Gasteiger partial charge in [0.25, 0.3) is 6.29 Å². The van der Waals surface area contributed by atoms with E-state index in [4.69, 9.17) is 14.2 Å². The molecule has 3 aromatic rings. The first-order valence-corrected chi connectivity index (χ1v) is 13.2. The van der Waals surface area contributed by atoms with Gasteiger partial charge in [0.2, 0.25) is 0 Å². The lowest BCUT2D eigenvalue weighted by Gasteiger charge is -2.09. The van der Waals surface area contributed by atoms with Crippen LogP contribution in [0.4, 0.5) is 0 Å². The average molecular weight is 508 g/mol. The molecule has 4 nitrogen and oxygen atoms in total. The second-order valence-corrected chi connectivity index (χ2v) is 8.22. The SMILES string of the molecule is C/C=C\C.C=CC.CC.COc1ccc(CCNSc2ccc3c(c2)OC(c2ccccc2)O3)cc1. The molecule has 1 N–H and O–H groups in total. The van der Waals surface area contributed by atoms with Crippen molar-refractivity contribution in [3.05, 3.63) is 109 Å². The summed E-state index contributed by atoms with van der Waals surface area (Å²) in [6, 6.07) is 24.2. The monoisotopic (exact) mass is 507 g/mol. The third-order valence-electron chi connectivity index (χ3n) is 4.65. The topological polar surface area (TPSA) is 39.7 Å². The van der Waals surface area contributed by atoms with Crippen LogP contribution in [-0.4, -0.2) is 13.7 Å². The minimum absolute atomic E-state index is 0.371. The Balaban J connectivity index is 0.000000633. The lowest BCUT2D eigenvalue weighted by molar-refractivity contribution is 0.0487. The number of rotatable bonds is 7. The maximum absolute atomic E-state index is 5.96. The van der Waals surface area contributed by atoms with Crippen LogP contribution in [0.1, 0.15) is 52.0 Å². The zero-order chi connectivity index (χ0) is 26.6. The van der Waals surface area contributed by atoms with Crippen molar-refractivity contribution in [1.82, 2.24) is 4.72 Å². The standard InChI is InChI=1S/C22H21NO3S.C4H8.C3H6.C2H6/c1-24-18-9-7-16(8-10-18)13-14-23-27-19-11-12-20-21(15-19)26-22(25-20)17-5-3-2-4-6-17;1-3-4-2;1-3-2;1-2/h2-12,15,22-23H,13-14H2,1H3;3-4H,1-2H3;3H,1H2,2H3;1-2H3/b;4-3-;;. The van der Waals surface area contributed by atoms with Crippen molar-refractivity contribution in [3.63, 3.8) is 0 Å². The summed E-state index contributed by atoms with van der Waals surface area (Å²) in [5, 5.41) is 0. The first kappa shape index (κ1) is 30.9. The average Bonchev–Trinajstić information content (AvgIpc) is 3.37. The predicted molar refractivity (Wildman–Crippen MR) is 155 cm³/mol. The van der Waals surface area contributed by atoms with E-state index in [0.29, 0.717) is 0 Å². The molecule has 194 valence electrons. The van der Waals surface area contributed by atoms with E-state index < -0.39 is 0 Å². The van der Waals surface area contributed by atoms with Gasteiger partial charge in [0.15, 0.2) is 11.5 Å². The molecular weight excluding hydrogens is 466 g/mol. The molecule has 1 atom stereocenters. The molecule has 1 unspecified atom stereocenters. The molecule has 0 aromatic heterocycles. The summed E-state index contributed by atoms with van der Waals surface area (Å²) >= 11 is 1.60. The highest BCUT2D eigenvalue weighted by atomic mass is 32.2. The van der Waals surface area contributed by atoms with E-state index in [-0.39, 0.29) is 6.29 Å². The third kappa shape index (κ3) is 11.1. The molecule has 0 saturated carbocycles. The van der Waals surface area contributed by atoms with Gasteiger partial charge >= 0.3 is 0 Å². The van der Waals surface area contributed by atoms with Gasteiger partial charge in [-0.2, -0.15) is 0 Å². The van der Waals surface area contributed by atoms with E-state index in [1.54, 1.807) is 25.1 Å². The zero-order valence-corrected chi connectivity index (χ0v) is 23.3. The summed E-state index contributed by atoms with van der Waals surface area (Å²) in [5.41, 5.74) is 2.29. The van der Waals surface area contributed by atoms with Gasteiger partial charge in [-0.3, -0.25) is 4.72 Å². The summed E-state index contributed by atoms with van der Waals surface area (Å²) in [7, 11) is 1.68. The molecule has 1 aliphatic rings. The Morgan fingerprint density at radius 1 is 0.889 bits per heavy atom. The lowest BCUT2D eigenvalue weighted by atomic mass is 10.1. The van der Waals surface area contributed by atoms with E-state index >= 15 is 0 Å². The number of methoxy groups -OCH3 is 1. The molecule has 0 saturated heterocycles. The summed E-state index contributed by atoms with van der Waals surface area (Å²) in [4.78, 5) is 1.10. The zero-order valence-electron chi connectivity index (χ0n) is 22.5. The Morgan fingerprint density at radius 3 is 2.08 bits per heavy atom. The molecule has 5 heteroatoms. The van der Waals surface area contributed by atoms with Gasteiger partial charge in [-0.05, 0) is 75.0 Å². The second-order valence-electron chi connectivity index (χ2n) is 7.26. The van der Waals surface area contributed by atoms with Crippen molar-refractivity contribution in [1.29, 1.82) is 0 Å². The smallest absolute Gasteiger partial charge is 0.267 e. The molecule has 1 heterocycles. The van der Waals surface area contributed by atoms with Gasteiger partial charge < -0.3 is 14.2 Å². The first-order chi connectivity index (χ1) is 17.6. The summed E-state index contributed by atoms with van der Waals surface area (Å²) in [5.74, 6) is 2.45. The molecule has 0 fully saturated rings. The Morgan fingerprint density at radius 2 is 1.50 bits per heavy atom. The quantitative estimate of drug-likeness (QED) is 0.196. The molecule has 0 radical (unpaired) electrons. The number of allylic oxidation sites excluding steroid dienone is 3. The van der Waals surface area contributed by atoms with Crippen LogP contribution < -0.4 is 18.9 Å². The first-order valence-electron chi connectivity index (χ1n) is 12.3. The molecule has 36 heavy (non-hydrogen) atoms. The highest BCUT2D eigenvalue weighted by Crippen LogP contribution is 2.42. The Kier molecular flexibility index (Phi) is 16.4. The van der Waals surface area contributed by atoms with Crippen LogP contribution in [0.25, 0.3) is 0 Å². The number of fused-ring (bicyclic) bond motifs is 1. The number of hydrogen-bond donors (Lipinski definition) is 1. The Bertz CT molecular complexity index is 1000. The summed E-state index contributed by atoms with van der Waals surface area (Å²) in [6.07, 6.45) is 6.34. The Labute approximate surface area is 222 Å². The highest BCUT2D eigenvalue weighted by molar-refractivity contribution is 7.97. The lowest BCUT2D eigenvalue weighted by Crippen LogP contribution is -2.08. The highest BCUT2D eigenvalue weighted by Gasteiger charge is 2.25. The maximum atomic E-state index is 5.96. The summed E-state index contributed by atoms with van der Waals surface area (Å²) in [6.45, 7) is 14.1. The molecule has 0 spiro atoms. The van der Waals surface area contributed by atoms with Crippen molar-refractivity contribution in [3.8, 4) is 17.2 Å². The van der Waals surface area contributed by atoms with Crippen molar-refractivity contribution >= 4 is 11.9 Å². The largest absolute Gasteiger partial charge is 0.497 e. The molecular formula is C31H41NO3S. The minimum Gasteiger partial charge on any atom is -0.497 e. The van der Waals surface area contributed by atoms with Crippen LogP contribution in [0.2, 0.25) is 0 Å².